The molecule has 0 aromatic carbocycles. The standard InChI is InChI=1S/C13H24N2O4/c1-9(2)11(14-13(17)19-4)12(16)15-6-5-10(7-15)8-18-3/h9-11H,5-8H2,1-4H3,(H,14,17)/t10-,11-/m0/s1. The van der Waals surface area contributed by atoms with Gasteiger partial charge < -0.3 is 19.7 Å². The number of ether oxygens (including phenoxy) is 2. The van der Waals surface area contributed by atoms with Gasteiger partial charge in [0.25, 0.3) is 0 Å². The number of nitrogens with one attached hydrogen (secondary N) is 1. The van der Waals surface area contributed by atoms with Crippen molar-refractivity contribution in [3.63, 3.8) is 0 Å². The molecule has 1 rings (SSSR count). The highest BCUT2D eigenvalue weighted by atomic mass is 16.5. The van der Waals surface area contributed by atoms with Gasteiger partial charge in [-0.2, -0.15) is 0 Å². The Balaban J connectivity index is 2.60. The monoisotopic (exact) mass is 272 g/mol. The lowest BCUT2D eigenvalue weighted by Gasteiger charge is -2.26. The van der Waals surface area contributed by atoms with Crippen LogP contribution in [0.1, 0.15) is 20.3 Å². The van der Waals surface area contributed by atoms with E-state index in [9.17, 15) is 9.59 Å². The molecule has 6 nitrogen and oxygen atoms in total. The number of nitrogens with zero attached hydrogens (tertiary/aromatic N) is 1. The topological polar surface area (TPSA) is 67.9 Å². The highest BCUT2D eigenvalue weighted by Gasteiger charge is 2.33. The summed E-state index contributed by atoms with van der Waals surface area (Å²) < 4.78 is 9.68. The Labute approximate surface area is 114 Å². The van der Waals surface area contributed by atoms with Gasteiger partial charge in [0.05, 0.1) is 13.7 Å². The SMILES string of the molecule is COC[C@H]1CCN(C(=O)[C@@H](NC(=O)OC)C(C)C)C1. The molecule has 19 heavy (non-hydrogen) atoms. The number of carbonyl (C=O) groups excluding carboxylic acids is 2. The van der Waals surface area contributed by atoms with Gasteiger partial charge in [-0.3, -0.25) is 4.79 Å². The van der Waals surface area contributed by atoms with E-state index < -0.39 is 12.1 Å². The Morgan fingerprint density at radius 2 is 2.05 bits per heavy atom. The highest BCUT2D eigenvalue weighted by Crippen LogP contribution is 2.18. The van der Waals surface area contributed by atoms with Gasteiger partial charge in [-0.05, 0) is 12.3 Å². The first-order chi connectivity index (χ1) is 8.99. The third-order valence-electron chi connectivity index (χ3n) is 3.39. The number of carbonyl (C=O) groups is 2. The summed E-state index contributed by atoms with van der Waals surface area (Å²) >= 11 is 0. The molecular formula is C13H24N2O4. The molecule has 6 heteroatoms. The Morgan fingerprint density at radius 1 is 1.37 bits per heavy atom. The average molecular weight is 272 g/mol. The van der Waals surface area contributed by atoms with Crippen molar-refractivity contribution in [1.29, 1.82) is 0 Å². The summed E-state index contributed by atoms with van der Waals surface area (Å²) in [6, 6.07) is -0.534. The summed E-state index contributed by atoms with van der Waals surface area (Å²) in [5.74, 6) is 0.368. The van der Waals surface area contributed by atoms with Crippen LogP contribution in [0.2, 0.25) is 0 Å². The molecule has 1 heterocycles. The second-order valence-electron chi connectivity index (χ2n) is 5.25. The maximum absolute atomic E-state index is 12.4. The maximum atomic E-state index is 12.4. The molecule has 0 bridgehead atoms. The van der Waals surface area contributed by atoms with Crippen molar-refractivity contribution >= 4 is 12.0 Å². The van der Waals surface area contributed by atoms with Gasteiger partial charge in [0.2, 0.25) is 5.91 Å². The fourth-order valence-corrected chi connectivity index (χ4v) is 2.30. The van der Waals surface area contributed by atoms with Crippen molar-refractivity contribution < 1.29 is 19.1 Å². The van der Waals surface area contributed by atoms with Crippen molar-refractivity contribution in [3.8, 4) is 0 Å². The van der Waals surface area contributed by atoms with Crippen LogP contribution in [0, 0.1) is 11.8 Å². The smallest absolute Gasteiger partial charge is 0.407 e. The van der Waals surface area contributed by atoms with E-state index in [0.29, 0.717) is 19.1 Å². The molecule has 2 atom stereocenters. The van der Waals surface area contributed by atoms with Crippen molar-refractivity contribution in [1.82, 2.24) is 10.2 Å². The summed E-state index contributed by atoms with van der Waals surface area (Å²) in [4.78, 5) is 25.5. The molecule has 1 fully saturated rings. The van der Waals surface area contributed by atoms with E-state index in [-0.39, 0.29) is 11.8 Å². The van der Waals surface area contributed by atoms with Crippen LogP contribution in [0.5, 0.6) is 0 Å². The molecule has 0 aromatic rings. The normalized spacial score (nSPS) is 20.5. The Kier molecular flexibility index (Phi) is 6.08. The predicted molar refractivity (Wildman–Crippen MR) is 70.7 cm³/mol. The minimum Gasteiger partial charge on any atom is -0.453 e. The van der Waals surface area contributed by atoms with Gasteiger partial charge in [0.1, 0.15) is 6.04 Å². The van der Waals surface area contributed by atoms with Crippen LogP contribution in [0.25, 0.3) is 0 Å². The van der Waals surface area contributed by atoms with Crippen LogP contribution in [0.3, 0.4) is 0 Å². The molecule has 1 aliphatic heterocycles. The Morgan fingerprint density at radius 3 is 2.58 bits per heavy atom. The molecule has 0 unspecified atom stereocenters. The fourth-order valence-electron chi connectivity index (χ4n) is 2.30. The van der Waals surface area contributed by atoms with E-state index in [2.05, 4.69) is 10.1 Å². The fraction of sp³-hybridized carbons (Fsp3) is 0.846. The number of methoxy groups -OCH3 is 2. The molecule has 110 valence electrons. The molecule has 0 aliphatic carbocycles. The lowest BCUT2D eigenvalue weighted by molar-refractivity contribution is -0.133. The predicted octanol–water partition coefficient (Wildman–Crippen LogP) is 0.862. The number of alkyl carbamates (subject to hydrolysis) is 1. The molecule has 0 saturated carbocycles. The van der Waals surface area contributed by atoms with Gasteiger partial charge in [-0.25, -0.2) is 4.79 Å². The third kappa shape index (κ3) is 4.38. The molecule has 1 saturated heterocycles. The zero-order valence-electron chi connectivity index (χ0n) is 12.1. The summed E-state index contributed by atoms with van der Waals surface area (Å²) in [6.07, 6.45) is 0.377. The van der Waals surface area contributed by atoms with Crippen LogP contribution in [0.4, 0.5) is 4.79 Å². The number of hydrogen-bond donors (Lipinski definition) is 1. The van der Waals surface area contributed by atoms with Gasteiger partial charge in [-0.15, -0.1) is 0 Å². The number of likely N-dealkylation sites (tertiary alicyclic amines) is 1. The van der Waals surface area contributed by atoms with Crippen LogP contribution >= 0.6 is 0 Å². The van der Waals surface area contributed by atoms with Gasteiger partial charge in [-0.1, -0.05) is 13.8 Å². The first-order valence-corrected chi connectivity index (χ1v) is 6.61. The van der Waals surface area contributed by atoms with Crippen molar-refractivity contribution in [2.45, 2.75) is 26.3 Å². The number of rotatable bonds is 5. The molecule has 0 aromatic heterocycles. The first-order valence-electron chi connectivity index (χ1n) is 6.61. The minimum atomic E-state index is -0.570. The number of amides is 2. The van der Waals surface area contributed by atoms with Crippen molar-refractivity contribution in [3.05, 3.63) is 0 Å². The summed E-state index contributed by atoms with van der Waals surface area (Å²) in [7, 11) is 2.96. The van der Waals surface area contributed by atoms with E-state index in [1.54, 1.807) is 12.0 Å². The highest BCUT2D eigenvalue weighted by molar-refractivity contribution is 5.86. The third-order valence-corrected chi connectivity index (χ3v) is 3.39. The van der Waals surface area contributed by atoms with Gasteiger partial charge in [0, 0.05) is 26.1 Å². The molecule has 1 aliphatic rings. The second-order valence-corrected chi connectivity index (χ2v) is 5.25. The van der Waals surface area contributed by atoms with Crippen LogP contribution in [0.15, 0.2) is 0 Å². The molecule has 0 spiro atoms. The zero-order chi connectivity index (χ0) is 14.4. The van der Waals surface area contributed by atoms with E-state index >= 15 is 0 Å². The van der Waals surface area contributed by atoms with E-state index in [1.165, 1.54) is 7.11 Å². The van der Waals surface area contributed by atoms with Gasteiger partial charge >= 0.3 is 6.09 Å². The van der Waals surface area contributed by atoms with E-state index in [1.807, 2.05) is 13.8 Å². The summed E-state index contributed by atoms with van der Waals surface area (Å²) in [6.45, 7) is 5.89. The van der Waals surface area contributed by atoms with Crippen molar-refractivity contribution in [2.24, 2.45) is 11.8 Å². The quantitative estimate of drug-likeness (QED) is 0.806. The number of hydrogen-bond acceptors (Lipinski definition) is 4. The maximum Gasteiger partial charge on any atom is 0.407 e. The molecule has 2 amide bonds. The van der Waals surface area contributed by atoms with Crippen LogP contribution < -0.4 is 5.32 Å². The second kappa shape index (κ2) is 7.33. The molecular weight excluding hydrogens is 248 g/mol. The first kappa shape index (κ1) is 15.8. The molecule has 1 N–H and O–H groups in total. The minimum absolute atomic E-state index is 0.0214. The molecule has 0 radical (unpaired) electrons. The zero-order valence-corrected chi connectivity index (χ0v) is 12.1. The van der Waals surface area contributed by atoms with Crippen LogP contribution in [-0.4, -0.2) is 56.9 Å². The van der Waals surface area contributed by atoms with E-state index in [4.69, 9.17) is 4.74 Å². The summed E-state index contributed by atoms with van der Waals surface area (Å²) in [5.41, 5.74) is 0. The average Bonchev–Trinajstić information content (AvgIpc) is 2.83. The van der Waals surface area contributed by atoms with Crippen LogP contribution in [-0.2, 0) is 14.3 Å². The summed E-state index contributed by atoms with van der Waals surface area (Å²) in [5, 5.41) is 2.61. The lowest BCUT2D eigenvalue weighted by atomic mass is 10.0. The Hall–Kier alpha value is -1.30. The van der Waals surface area contributed by atoms with E-state index in [0.717, 1.165) is 13.0 Å². The Bertz CT molecular complexity index is 320. The largest absolute Gasteiger partial charge is 0.453 e. The lowest BCUT2D eigenvalue weighted by Crippen LogP contribution is -2.50. The van der Waals surface area contributed by atoms with Gasteiger partial charge in [0.15, 0.2) is 0 Å². The van der Waals surface area contributed by atoms with Crippen molar-refractivity contribution in [2.75, 3.05) is 33.9 Å².